The van der Waals surface area contributed by atoms with Crippen molar-refractivity contribution in [1.29, 1.82) is 0 Å². The van der Waals surface area contributed by atoms with Crippen LogP contribution in [-0.2, 0) is 9.53 Å². The third-order valence-corrected chi connectivity index (χ3v) is 7.65. The van der Waals surface area contributed by atoms with Gasteiger partial charge >= 0.3 is 0 Å². The molecule has 4 unspecified atom stereocenters. The van der Waals surface area contributed by atoms with Crippen LogP contribution in [0.1, 0.15) is 39.0 Å². The van der Waals surface area contributed by atoms with Gasteiger partial charge in [0.1, 0.15) is 29.9 Å². The molecule has 9 heteroatoms. The van der Waals surface area contributed by atoms with Crippen molar-refractivity contribution in [3.8, 4) is 0 Å². The molecule has 3 fully saturated rings. The number of alkyl halides is 1. The number of carbonyl (C=O) groups excluding carboxylic acids is 1. The Bertz CT molecular complexity index is 536. The molecule has 2 saturated heterocycles. The second-order valence-electron chi connectivity index (χ2n) is 8.41. The number of hydrogen-bond donors (Lipinski definition) is 5. The molecule has 0 spiro atoms. The van der Waals surface area contributed by atoms with E-state index in [0.717, 1.165) is 18.9 Å². The fourth-order valence-electron chi connectivity index (χ4n) is 4.29. The van der Waals surface area contributed by atoms with E-state index in [1.165, 1.54) is 37.4 Å². The molecule has 0 bridgehead atoms. The Labute approximate surface area is 175 Å². The lowest BCUT2D eigenvalue weighted by atomic mass is 9.77. The third-order valence-electron chi connectivity index (χ3n) is 6.52. The number of nitrogens with one attached hydrogen (secondary N) is 2. The summed E-state index contributed by atoms with van der Waals surface area (Å²) in [6, 6.07) is -0.943. The lowest BCUT2D eigenvalue weighted by molar-refractivity contribution is -0.205. The van der Waals surface area contributed by atoms with Gasteiger partial charge in [0.25, 0.3) is 0 Å². The van der Waals surface area contributed by atoms with Crippen LogP contribution in [0.4, 0.5) is 0 Å². The molecular weight excluding hydrogens is 404 g/mol. The average Bonchev–Trinajstić information content (AvgIpc) is 2.59. The highest BCUT2D eigenvalue weighted by Gasteiger charge is 2.48. The number of carbonyl (C=O) groups is 1. The number of aliphatic hydroxyl groups is 3. The number of halogens is 1. The fourth-order valence-corrected chi connectivity index (χ4v) is 5.17. The van der Waals surface area contributed by atoms with Crippen molar-refractivity contribution < 1.29 is 24.9 Å². The van der Waals surface area contributed by atoms with Gasteiger partial charge in [0, 0.05) is 6.54 Å². The third kappa shape index (κ3) is 4.79. The van der Waals surface area contributed by atoms with E-state index in [1.807, 2.05) is 0 Å². The van der Waals surface area contributed by atoms with Gasteiger partial charge in [-0.05, 0) is 31.4 Å². The minimum Gasteiger partial charge on any atom is -0.388 e. The standard InChI is InChI=1S/C19H33ClN2O5S/c1-9(20)12(17-15(24)14(23)16(25)19(27-17)28-2)22-18(26)13-11(8-21-13)7-6-10-4-3-5-10/h9-17,19,21,23-25H,3-8H2,1-2H3,(H,22,26)/t9?,11?,12?,13?,14-,15+,16+,17+,19+/m0/s1. The molecule has 1 amide bonds. The van der Waals surface area contributed by atoms with Gasteiger partial charge in [-0.25, -0.2) is 0 Å². The van der Waals surface area contributed by atoms with Gasteiger partial charge in [0.05, 0.1) is 17.5 Å². The van der Waals surface area contributed by atoms with Gasteiger partial charge in [0.15, 0.2) is 0 Å². The van der Waals surface area contributed by atoms with E-state index in [1.54, 1.807) is 13.2 Å². The maximum absolute atomic E-state index is 12.8. The van der Waals surface area contributed by atoms with Crippen molar-refractivity contribution in [3.63, 3.8) is 0 Å². The number of rotatable bonds is 8. The van der Waals surface area contributed by atoms with Gasteiger partial charge in [-0.15, -0.1) is 23.4 Å². The van der Waals surface area contributed by atoms with E-state index in [-0.39, 0.29) is 11.9 Å². The molecule has 0 aromatic heterocycles. The predicted octanol–water partition coefficient (Wildman–Crippen LogP) is 0.437. The SMILES string of the molecule is CS[C@H]1O[C@H](C(NC(=O)C2NCC2CCC2CCC2)C(C)Cl)[C@H](O)[C@H](O)[C@H]1O. The Balaban J connectivity index is 1.59. The first-order valence-corrected chi connectivity index (χ1v) is 12.0. The highest BCUT2D eigenvalue weighted by atomic mass is 35.5. The molecule has 162 valence electrons. The van der Waals surface area contributed by atoms with Crippen LogP contribution in [0.2, 0.25) is 0 Å². The predicted molar refractivity (Wildman–Crippen MR) is 109 cm³/mol. The van der Waals surface area contributed by atoms with Crippen LogP contribution < -0.4 is 10.6 Å². The first kappa shape index (κ1) is 22.6. The van der Waals surface area contributed by atoms with Crippen LogP contribution in [0.25, 0.3) is 0 Å². The summed E-state index contributed by atoms with van der Waals surface area (Å²) in [6.45, 7) is 2.56. The summed E-state index contributed by atoms with van der Waals surface area (Å²) in [5, 5.41) is 36.2. The number of amides is 1. The molecule has 5 N–H and O–H groups in total. The molecule has 0 aromatic rings. The fraction of sp³-hybridized carbons (Fsp3) is 0.947. The normalized spacial score (nSPS) is 40.9. The molecular formula is C19H33ClN2O5S. The molecule has 28 heavy (non-hydrogen) atoms. The van der Waals surface area contributed by atoms with Crippen LogP contribution >= 0.6 is 23.4 Å². The van der Waals surface area contributed by atoms with E-state index < -0.39 is 41.3 Å². The Morgan fingerprint density at radius 3 is 2.46 bits per heavy atom. The number of thioether (sulfide) groups is 1. The Morgan fingerprint density at radius 1 is 1.25 bits per heavy atom. The van der Waals surface area contributed by atoms with Crippen molar-refractivity contribution in [3.05, 3.63) is 0 Å². The van der Waals surface area contributed by atoms with Crippen LogP contribution in [0.5, 0.6) is 0 Å². The molecule has 0 aromatic carbocycles. The minimum absolute atomic E-state index is 0.153. The zero-order valence-corrected chi connectivity index (χ0v) is 18.0. The van der Waals surface area contributed by atoms with Gasteiger partial charge in [-0.2, -0.15) is 0 Å². The minimum atomic E-state index is -1.36. The van der Waals surface area contributed by atoms with Gasteiger partial charge in [0.2, 0.25) is 5.91 Å². The molecule has 7 nitrogen and oxygen atoms in total. The van der Waals surface area contributed by atoms with Crippen molar-refractivity contribution in [2.45, 2.75) is 86.3 Å². The summed E-state index contributed by atoms with van der Waals surface area (Å²) < 4.78 is 5.80. The van der Waals surface area contributed by atoms with Crippen molar-refractivity contribution in [2.75, 3.05) is 12.8 Å². The molecule has 3 rings (SSSR count). The number of hydrogen-bond acceptors (Lipinski definition) is 7. The van der Waals surface area contributed by atoms with E-state index in [0.29, 0.717) is 5.92 Å². The van der Waals surface area contributed by atoms with Crippen LogP contribution in [0, 0.1) is 11.8 Å². The van der Waals surface area contributed by atoms with Crippen molar-refractivity contribution >= 4 is 29.3 Å². The lowest BCUT2D eigenvalue weighted by Gasteiger charge is -2.45. The summed E-state index contributed by atoms with van der Waals surface area (Å²) in [4.78, 5) is 12.8. The zero-order chi connectivity index (χ0) is 20.4. The molecule has 2 heterocycles. The molecule has 0 radical (unpaired) electrons. The molecule has 9 atom stereocenters. The number of ether oxygens (including phenoxy) is 1. The Kier molecular flexibility index (Phi) is 7.92. The van der Waals surface area contributed by atoms with Crippen LogP contribution in [0.15, 0.2) is 0 Å². The highest BCUT2D eigenvalue weighted by molar-refractivity contribution is 7.99. The van der Waals surface area contributed by atoms with E-state index >= 15 is 0 Å². The molecule has 1 saturated carbocycles. The first-order chi connectivity index (χ1) is 13.3. The van der Waals surface area contributed by atoms with Gasteiger partial charge in [-0.3, -0.25) is 4.79 Å². The van der Waals surface area contributed by atoms with Gasteiger partial charge < -0.3 is 30.7 Å². The molecule has 1 aliphatic carbocycles. The van der Waals surface area contributed by atoms with Gasteiger partial charge in [-0.1, -0.05) is 25.7 Å². The molecule has 2 aliphatic heterocycles. The Hall–Kier alpha value is -0.0900. The second kappa shape index (κ2) is 9.81. The number of aliphatic hydroxyl groups excluding tert-OH is 3. The van der Waals surface area contributed by atoms with E-state index in [2.05, 4.69) is 10.6 Å². The summed E-state index contributed by atoms with van der Waals surface area (Å²) in [5.41, 5.74) is -0.699. The largest absolute Gasteiger partial charge is 0.388 e. The topological polar surface area (TPSA) is 111 Å². The zero-order valence-electron chi connectivity index (χ0n) is 16.5. The smallest absolute Gasteiger partial charge is 0.237 e. The monoisotopic (exact) mass is 436 g/mol. The summed E-state index contributed by atoms with van der Waals surface area (Å²) in [7, 11) is 0. The maximum Gasteiger partial charge on any atom is 0.237 e. The Morgan fingerprint density at radius 2 is 1.96 bits per heavy atom. The second-order valence-corrected chi connectivity index (χ2v) is 10.0. The quantitative estimate of drug-likeness (QED) is 0.351. The van der Waals surface area contributed by atoms with Crippen molar-refractivity contribution in [1.82, 2.24) is 10.6 Å². The van der Waals surface area contributed by atoms with Crippen LogP contribution in [0.3, 0.4) is 0 Å². The van der Waals surface area contributed by atoms with Crippen LogP contribution in [-0.4, -0.2) is 81.3 Å². The van der Waals surface area contributed by atoms with Crippen molar-refractivity contribution in [2.24, 2.45) is 11.8 Å². The van der Waals surface area contributed by atoms with E-state index in [9.17, 15) is 20.1 Å². The molecule has 3 aliphatic rings. The highest BCUT2D eigenvalue weighted by Crippen LogP contribution is 2.34. The van der Waals surface area contributed by atoms with E-state index in [4.69, 9.17) is 16.3 Å². The maximum atomic E-state index is 12.8. The summed E-state index contributed by atoms with van der Waals surface area (Å²) >= 11 is 7.55. The average molecular weight is 437 g/mol. The summed E-state index contributed by atoms with van der Waals surface area (Å²) in [6.07, 6.45) is 3.11. The summed E-state index contributed by atoms with van der Waals surface area (Å²) in [5.74, 6) is 0.983. The first-order valence-electron chi connectivity index (χ1n) is 10.2. The lowest BCUT2D eigenvalue weighted by Crippen LogP contribution is -2.67.